The van der Waals surface area contributed by atoms with Crippen LogP contribution >= 0.6 is 0 Å². The van der Waals surface area contributed by atoms with Gasteiger partial charge in [-0.15, -0.1) is 0 Å². The molecule has 0 saturated carbocycles. The van der Waals surface area contributed by atoms with Gasteiger partial charge < -0.3 is 19.5 Å². The molecule has 4 aromatic rings. The molecule has 1 N–H and O–H groups in total. The van der Waals surface area contributed by atoms with Crippen LogP contribution in [0.4, 0.5) is 29.3 Å². The second-order valence-corrected chi connectivity index (χ2v) is 7.36. The number of fused-ring (bicyclic) bond motifs is 1. The Kier molecular flexibility index (Phi) is 6.63. The summed E-state index contributed by atoms with van der Waals surface area (Å²) in [5, 5.41) is 2.89. The van der Waals surface area contributed by atoms with Gasteiger partial charge in [0.05, 0.1) is 31.1 Å². The van der Waals surface area contributed by atoms with Crippen molar-refractivity contribution in [1.29, 1.82) is 0 Å². The first kappa shape index (κ1) is 23.7. The summed E-state index contributed by atoms with van der Waals surface area (Å²) in [5.41, 5.74) is 0.269. The second-order valence-electron chi connectivity index (χ2n) is 7.36. The van der Waals surface area contributed by atoms with Crippen LogP contribution in [0.2, 0.25) is 0 Å². The highest BCUT2D eigenvalue weighted by atomic mass is 19.1. The van der Waals surface area contributed by atoms with Gasteiger partial charge in [-0.2, -0.15) is 0 Å². The number of pyridine rings is 1. The van der Waals surface area contributed by atoms with E-state index in [1.807, 2.05) is 0 Å². The summed E-state index contributed by atoms with van der Waals surface area (Å²) in [5.74, 6) is -0.929. The summed E-state index contributed by atoms with van der Waals surface area (Å²) in [6.45, 7) is 0. The molecule has 0 saturated heterocycles. The number of hydrogen-bond donors (Lipinski definition) is 1. The number of hydrogen-bond acceptors (Lipinski definition) is 5. The summed E-state index contributed by atoms with van der Waals surface area (Å²) >= 11 is 0. The first-order chi connectivity index (χ1) is 16.8. The first-order valence-corrected chi connectivity index (χ1v) is 10.3. The van der Waals surface area contributed by atoms with Crippen molar-refractivity contribution in [3.05, 3.63) is 78.2 Å². The van der Waals surface area contributed by atoms with Crippen LogP contribution in [0.1, 0.15) is 0 Å². The highest BCUT2D eigenvalue weighted by molar-refractivity contribution is 6.01. The lowest BCUT2D eigenvalue weighted by molar-refractivity contribution is 0.257. The largest absolute Gasteiger partial charge is 0.493 e. The number of amides is 2. The maximum absolute atomic E-state index is 14.9. The summed E-state index contributed by atoms with van der Waals surface area (Å²) in [7, 11) is 4.33. The Morgan fingerprint density at radius 3 is 2.31 bits per heavy atom. The Morgan fingerprint density at radius 2 is 1.63 bits per heavy atom. The number of aromatic nitrogens is 1. The average molecular weight is 483 g/mol. The molecule has 1 heterocycles. The minimum atomic E-state index is -0.949. The molecule has 7 nitrogen and oxygen atoms in total. The van der Waals surface area contributed by atoms with Crippen LogP contribution < -0.4 is 24.4 Å². The van der Waals surface area contributed by atoms with Crippen LogP contribution in [-0.4, -0.2) is 32.3 Å². The highest BCUT2D eigenvalue weighted by Gasteiger charge is 2.18. The van der Waals surface area contributed by atoms with E-state index in [-0.39, 0.29) is 17.1 Å². The quantitative estimate of drug-likeness (QED) is 0.357. The van der Waals surface area contributed by atoms with E-state index in [1.165, 1.54) is 33.4 Å². The van der Waals surface area contributed by atoms with Gasteiger partial charge in [-0.05, 0) is 36.4 Å². The van der Waals surface area contributed by atoms with Crippen molar-refractivity contribution < 1.29 is 32.2 Å². The van der Waals surface area contributed by atoms with E-state index in [0.29, 0.717) is 34.2 Å². The van der Waals surface area contributed by atoms with E-state index >= 15 is 0 Å². The lowest BCUT2D eigenvalue weighted by Gasteiger charge is -2.19. The van der Waals surface area contributed by atoms with Gasteiger partial charge in [0, 0.05) is 36.8 Å². The first-order valence-electron chi connectivity index (χ1n) is 10.3. The smallest absolute Gasteiger partial charge is 0.326 e. The zero-order chi connectivity index (χ0) is 25.1. The van der Waals surface area contributed by atoms with Crippen molar-refractivity contribution in [2.75, 3.05) is 31.5 Å². The number of anilines is 2. The summed E-state index contributed by atoms with van der Waals surface area (Å²) in [4.78, 5) is 17.7. The van der Waals surface area contributed by atoms with Crippen LogP contribution in [0.15, 0.2) is 60.8 Å². The van der Waals surface area contributed by atoms with Crippen LogP contribution in [0.5, 0.6) is 23.0 Å². The number of urea groups is 1. The van der Waals surface area contributed by atoms with Crippen molar-refractivity contribution in [2.24, 2.45) is 0 Å². The van der Waals surface area contributed by atoms with Crippen LogP contribution in [0.25, 0.3) is 10.9 Å². The fourth-order valence-electron chi connectivity index (χ4n) is 3.39. The van der Waals surface area contributed by atoms with Gasteiger partial charge in [0.1, 0.15) is 23.1 Å². The fraction of sp³-hybridized carbons (Fsp3) is 0.120. The van der Waals surface area contributed by atoms with E-state index in [4.69, 9.17) is 14.2 Å². The Labute approximate surface area is 198 Å². The summed E-state index contributed by atoms with van der Waals surface area (Å²) in [6.07, 6.45) is 1.54. The van der Waals surface area contributed by atoms with Crippen molar-refractivity contribution in [1.82, 2.24) is 4.98 Å². The maximum Gasteiger partial charge on any atom is 0.326 e. The summed E-state index contributed by atoms with van der Waals surface area (Å²) in [6, 6.07) is 10.9. The molecule has 0 spiro atoms. The second kappa shape index (κ2) is 9.80. The average Bonchev–Trinajstić information content (AvgIpc) is 2.84. The molecule has 4 rings (SSSR count). The molecule has 0 atom stereocenters. The van der Waals surface area contributed by atoms with E-state index in [2.05, 4.69) is 10.3 Å². The van der Waals surface area contributed by atoms with E-state index < -0.39 is 23.5 Å². The molecule has 35 heavy (non-hydrogen) atoms. The fourth-order valence-corrected chi connectivity index (χ4v) is 3.39. The third-order valence-corrected chi connectivity index (χ3v) is 5.19. The molecule has 0 aliphatic heterocycles. The van der Waals surface area contributed by atoms with E-state index in [1.54, 1.807) is 24.4 Å². The molecule has 0 bridgehead atoms. The number of methoxy groups -OCH3 is 2. The Hall–Kier alpha value is -4.47. The number of rotatable bonds is 6. The van der Waals surface area contributed by atoms with Crippen molar-refractivity contribution in [2.45, 2.75) is 0 Å². The number of nitrogens with one attached hydrogen (secondary N) is 1. The predicted octanol–water partition coefficient (Wildman–Crippen LogP) is 6.13. The highest BCUT2D eigenvalue weighted by Crippen LogP contribution is 2.37. The standard InChI is InChI=1S/C25H20F3N3O4/c1-31(25(32)30-19-6-4-14(26)10-17(19)27)21-7-5-15(11-18(21)28)35-22-8-9-29-20-13-24(34-3)23(33-2)12-16(20)22/h4-13H,1-3H3,(H,30,32). The molecule has 0 fully saturated rings. The third-order valence-electron chi connectivity index (χ3n) is 5.19. The van der Waals surface area contributed by atoms with Crippen LogP contribution in [-0.2, 0) is 0 Å². The Balaban J connectivity index is 1.56. The Morgan fingerprint density at radius 1 is 0.886 bits per heavy atom. The van der Waals surface area contributed by atoms with E-state index in [9.17, 15) is 18.0 Å². The zero-order valence-corrected chi connectivity index (χ0v) is 18.9. The lowest BCUT2D eigenvalue weighted by atomic mass is 10.2. The molecule has 2 amide bonds. The molecule has 0 radical (unpaired) electrons. The molecular weight excluding hydrogens is 463 g/mol. The van der Waals surface area contributed by atoms with Gasteiger partial charge in [0.15, 0.2) is 17.3 Å². The van der Waals surface area contributed by atoms with Gasteiger partial charge in [0.25, 0.3) is 0 Å². The SMILES string of the molecule is COc1cc2nccc(Oc3ccc(N(C)C(=O)Nc4ccc(F)cc4F)c(F)c3)c2cc1OC. The van der Waals surface area contributed by atoms with Gasteiger partial charge in [-0.25, -0.2) is 18.0 Å². The number of halogens is 3. The lowest BCUT2D eigenvalue weighted by Crippen LogP contribution is -2.32. The molecule has 1 aromatic heterocycles. The molecule has 10 heteroatoms. The van der Waals surface area contributed by atoms with Crippen molar-refractivity contribution >= 4 is 28.3 Å². The van der Waals surface area contributed by atoms with Gasteiger partial charge in [0.2, 0.25) is 0 Å². The van der Waals surface area contributed by atoms with Gasteiger partial charge in [-0.3, -0.25) is 9.88 Å². The van der Waals surface area contributed by atoms with Gasteiger partial charge >= 0.3 is 6.03 Å². The van der Waals surface area contributed by atoms with Crippen LogP contribution in [0.3, 0.4) is 0 Å². The predicted molar refractivity (Wildman–Crippen MR) is 125 cm³/mol. The number of carbonyl (C=O) groups is 1. The summed E-state index contributed by atoms with van der Waals surface area (Å²) < 4.78 is 58.3. The molecule has 180 valence electrons. The topological polar surface area (TPSA) is 72.9 Å². The normalized spacial score (nSPS) is 10.7. The van der Waals surface area contributed by atoms with Crippen molar-refractivity contribution in [3.8, 4) is 23.0 Å². The molecular formula is C25H20F3N3O4. The van der Waals surface area contributed by atoms with Gasteiger partial charge in [-0.1, -0.05) is 0 Å². The molecule has 3 aromatic carbocycles. The molecule has 0 unspecified atom stereocenters. The Bertz CT molecular complexity index is 1410. The minimum absolute atomic E-state index is 0.0802. The molecule has 0 aliphatic rings. The minimum Gasteiger partial charge on any atom is -0.493 e. The van der Waals surface area contributed by atoms with Crippen LogP contribution in [0, 0.1) is 17.5 Å². The zero-order valence-electron chi connectivity index (χ0n) is 18.9. The molecule has 0 aliphatic carbocycles. The number of benzene rings is 3. The number of nitrogens with zero attached hydrogens (tertiary/aromatic N) is 2. The third kappa shape index (κ3) is 4.91. The maximum atomic E-state index is 14.9. The van der Waals surface area contributed by atoms with Crippen molar-refractivity contribution in [3.63, 3.8) is 0 Å². The number of carbonyl (C=O) groups excluding carboxylic acids is 1. The number of ether oxygens (including phenoxy) is 3. The monoisotopic (exact) mass is 483 g/mol. The van der Waals surface area contributed by atoms with E-state index in [0.717, 1.165) is 23.1 Å².